The van der Waals surface area contributed by atoms with E-state index < -0.39 is 0 Å². The number of rotatable bonds is 1. The Morgan fingerprint density at radius 3 is 1.47 bits per heavy atom. The lowest BCUT2D eigenvalue weighted by Gasteiger charge is -2.17. The lowest BCUT2D eigenvalue weighted by Crippen LogP contribution is -2.14. The summed E-state index contributed by atoms with van der Waals surface area (Å²) in [7, 11) is 3.30. The zero-order valence-electron chi connectivity index (χ0n) is 9.31. The van der Waals surface area contributed by atoms with Gasteiger partial charge in [0.25, 0.3) is 0 Å². The van der Waals surface area contributed by atoms with Gasteiger partial charge in [0.05, 0.1) is 27.9 Å². The van der Waals surface area contributed by atoms with Crippen molar-refractivity contribution in [1.29, 1.82) is 21.0 Å². The molecule has 0 spiro atoms. The van der Waals surface area contributed by atoms with E-state index in [0.717, 1.165) is 0 Å². The first-order valence-corrected chi connectivity index (χ1v) is 4.59. The van der Waals surface area contributed by atoms with Crippen LogP contribution >= 0.6 is 0 Å². The van der Waals surface area contributed by atoms with Gasteiger partial charge in [-0.05, 0) is 6.07 Å². The third-order valence-corrected chi connectivity index (χ3v) is 2.21. The number of nitrogens with zero attached hydrogens (tertiary/aromatic N) is 5. The molecule has 0 saturated heterocycles. The van der Waals surface area contributed by atoms with Gasteiger partial charge in [-0.1, -0.05) is 0 Å². The highest BCUT2D eigenvalue weighted by molar-refractivity contribution is 5.75. The van der Waals surface area contributed by atoms with E-state index in [9.17, 15) is 0 Å². The first-order valence-electron chi connectivity index (χ1n) is 4.59. The minimum absolute atomic E-state index is 0.103. The van der Waals surface area contributed by atoms with Gasteiger partial charge in [-0.15, -0.1) is 0 Å². The maximum atomic E-state index is 9.04. The average Bonchev–Trinajstić information content (AvgIpc) is 2.35. The van der Waals surface area contributed by atoms with Crippen molar-refractivity contribution in [3.05, 3.63) is 28.3 Å². The smallest absolute Gasteiger partial charge is 0.103 e. The fraction of sp³-hybridized carbons (Fsp3) is 0.167. The maximum Gasteiger partial charge on any atom is 0.103 e. The summed E-state index contributed by atoms with van der Waals surface area (Å²) < 4.78 is 0. The van der Waals surface area contributed by atoms with E-state index >= 15 is 0 Å². The molecule has 0 amide bonds. The minimum atomic E-state index is 0.103. The molecule has 0 bridgehead atoms. The molecule has 5 nitrogen and oxygen atoms in total. The number of hydrogen-bond acceptors (Lipinski definition) is 5. The summed E-state index contributed by atoms with van der Waals surface area (Å²) >= 11 is 0. The van der Waals surface area contributed by atoms with Crippen molar-refractivity contribution in [3.8, 4) is 24.3 Å². The molecular weight excluding hydrogens is 214 g/mol. The maximum absolute atomic E-state index is 9.04. The summed E-state index contributed by atoms with van der Waals surface area (Å²) in [5.74, 6) is 0. The van der Waals surface area contributed by atoms with Crippen LogP contribution in [0.1, 0.15) is 22.3 Å². The molecule has 0 aliphatic rings. The van der Waals surface area contributed by atoms with Crippen LogP contribution in [0, 0.1) is 45.3 Å². The molecule has 0 aromatic heterocycles. The second kappa shape index (κ2) is 4.67. The lowest BCUT2D eigenvalue weighted by atomic mass is 9.97. The average molecular weight is 221 g/mol. The molecule has 0 heterocycles. The number of anilines is 1. The van der Waals surface area contributed by atoms with Gasteiger partial charge in [-0.3, -0.25) is 0 Å². The third kappa shape index (κ3) is 1.86. The van der Waals surface area contributed by atoms with E-state index in [1.165, 1.54) is 6.07 Å². The van der Waals surface area contributed by atoms with Gasteiger partial charge < -0.3 is 4.90 Å². The van der Waals surface area contributed by atoms with E-state index in [1.54, 1.807) is 19.0 Å². The Labute approximate surface area is 99.0 Å². The molecule has 17 heavy (non-hydrogen) atoms. The molecule has 0 saturated carbocycles. The molecule has 0 radical (unpaired) electrons. The summed E-state index contributed by atoms with van der Waals surface area (Å²) in [4.78, 5) is 1.55. The molecule has 1 aromatic carbocycles. The number of benzene rings is 1. The normalized spacial score (nSPS) is 8.35. The lowest BCUT2D eigenvalue weighted by molar-refractivity contribution is 1.11. The predicted octanol–water partition coefficient (Wildman–Crippen LogP) is 1.24. The molecule has 1 rings (SSSR count). The van der Waals surface area contributed by atoms with E-state index in [2.05, 4.69) is 0 Å². The fourth-order valence-electron chi connectivity index (χ4n) is 1.52. The zero-order chi connectivity index (χ0) is 13.0. The van der Waals surface area contributed by atoms with Gasteiger partial charge in [0.15, 0.2) is 0 Å². The highest BCUT2D eigenvalue weighted by atomic mass is 15.1. The SMILES string of the molecule is CN(C)c1c(C#N)c(C#N)cc(C#N)c1C#N. The van der Waals surface area contributed by atoms with Gasteiger partial charge in [0, 0.05) is 14.1 Å². The largest absolute Gasteiger partial charge is 0.375 e. The molecule has 0 unspecified atom stereocenters. The fourth-order valence-corrected chi connectivity index (χ4v) is 1.52. The quantitative estimate of drug-likeness (QED) is 0.710. The molecule has 5 heteroatoms. The number of nitriles is 4. The second-order valence-corrected chi connectivity index (χ2v) is 3.41. The topological polar surface area (TPSA) is 98.4 Å². The van der Waals surface area contributed by atoms with Crippen LogP contribution in [0.4, 0.5) is 5.69 Å². The molecular formula is C12H7N5. The Balaban J connectivity index is 3.90. The molecule has 0 atom stereocenters. The van der Waals surface area contributed by atoms with Gasteiger partial charge in [-0.2, -0.15) is 21.0 Å². The van der Waals surface area contributed by atoms with Crippen LogP contribution < -0.4 is 4.90 Å². The van der Waals surface area contributed by atoms with Crippen LogP contribution in [-0.2, 0) is 0 Å². The van der Waals surface area contributed by atoms with Crippen LogP contribution in [0.15, 0.2) is 6.07 Å². The van der Waals surface area contributed by atoms with Crippen LogP contribution in [0.25, 0.3) is 0 Å². The van der Waals surface area contributed by atoms with Gasteiger partial charge >= 0.3 is 0 Å². The third-order valence-electron chi connectivity index (χ3n) is 2.21. The minimum Gasteiger partial charge on any atom is -0.375 e. The van der Waals surface area contributed by atoms with Crippen molar-refractivity contribution in [2.75, 3.05) is 19.0 Å². The highest BCUT2D eigenvalue weighted by Gasteiger charge is 2.19. The Hall–Kier alpha value is -3.02. The van der Waals surface area contributed by atoms with Crippen molar-refractivity contribution >= 4 is 5.69 Å². The van der Waals surface area contributed by atoms with Crippen LogP contribution in [0.5, 0.6) is 0 Å². The standard InChI is InChI=1S/C12H7N5/c1-17(2)12-10(6-15)8(4-13)3-9(5-14)11(12)7-16/h3H,1-2H3. The highest BCUT2D eigenvalue weighted by Crippen LogP contribution is 2.29. The van der Waals surface area contributed by atoms with Crippen molar-refractivity contribution in [2.45, 2.75) is 0 Å². The first-order chi connectivity index (χ1) is 8.10. The van der Waals surface area contributed by atoms with E-state index in [0.29, 0.717) is 5.69 Å². The second-order valence-electron chi connectivity index (χ2n) is 3.41. The summed E-state index contributed by atoms with van der Waals surface area (Å²) in [5, 5.41) is 35.9. The van der Waals surface area contributed by atoms with Gasteiger partial charge in [0.2, 0.25) is 0 Å². The monoisotopic (exact) mass is 221 g/mol. The summed E-state index contributed by atoms with van der Waals surface area (Å²) in [5.41, 5.74) is 0.755. The van der Waals surface area contributed by atoms with E-state index in [-0.39, 0.29) is 22.3 Å². The molecule has 0 aliphatic heterocycles. The molecule has 1 aromatic rings. The van der Waals surface area contributed by atoms with Crippen LogP contribution in [0.2, 0.25) is 0 Å². The molecule has 0 N–H and O–H groups in total. The zero-order valence-corrected chi connectivity index (χ0v) is 9.31. The molecule has 0 aliphatic carbocycles. The van der Waals surface area contributed by atoms with Crippen LogP contribution in [-0.4, -0.2) is 14.1 Å². The van der Waals surface area contributed by atoms with Gasteiger partial charge in [-0.25, -0.2) is 0 Å². The van der Waals surface area contributed by atoms with Gasteiger partial charge in [0.1, 0.15) is 24.3 Å². The Kier molecular flexibility index (Phi) is 3.31. The summed E-state index contributed by atoms with van der Waals surface area (Å²) in [6.07, 6.45) is 0. The van der Waals surface area contributed by atoms with E-state index in [1.807, 2.05) is 24.3 Å². The first kappa shape index (κ1) is 12.1. The predicted molar refractivity (Wildman–Crippen MR) is 59.6 cm³/mol. The summed E-state index contributed by atoms with van der Waals surface area (Å²) in [6.45, 7) is 0. The molecule has 80 valence electrons. The Morgan fingerprint density at radius 1 is 0.824 bits per heavy atom. The van der Waals surface area contributed by atoms with Crippen molar-refractivity contribution < 1.29 is 0 Å². The molecule has 0 fully saturated rings. The number of hydrogen-bond donors (Lipinski definition) is 0. The summed E-state index contributed by atoms with van der Waals surface area (Å²) in [6, 6.07) is 8.78. The van der Waals surface area contributed by atoms with Crippen molar-refractivity contribution in [3.63, 3.8) is 0 Å². The van der Waals surface area contributed by atoms with Crippen molar-refractivity contribution in [2.24, 2.45) is 0 Å². The van der Waals surface area contributed by atoms with E-state index in [4.69, 9.17) is 21.0 Å². The van der Waals surface area contributed by atoms with Crippen LogP contribution in [0.3, 0.4) is 0 Å². The van der Waals surface area contributed by atoms with Crippen molar-refractivity contribution in [1.82, 2.24) is 0 Å². The Bertz CT molecular complexity index is 579. The Morgan fingerprint density at radius 2 is 1.24 bits per heavy atom.